The molecule has 11 nitrogen and oxygen atoms in total. The predicted molar refractivity (Wildman–Crippen MR) is 161 cm³/mol. The molecule has 0 aliphatic carbocycles. The van der Waals surface area contributed by atoms with Gasteiger partial charge in [0.1, 0.15) is 35.8 Å². The van der Waals surface area contributed by atoms with Crippen LogP contribution in [0.4, 0.5) is 4.79 Å². The van der Waals surface area contributed by atoms with E-state index in [9.17, 15) is 24.3 Å². The number of alkyl carbamates (subject to hydrolysis) is 1. The summed E-state index contributed by atoms with van der Waals surface area (Å²) < 4.78 is 15.8. The number of epoxide rings is 1. The van der Waals surface area contributed by atoms with Gasteiger partial charge in [-0.2, -0.15) is 0 Å². The van der Waals surface area contributed by atoms with Crippen molar-refractivity contribution in [2.75, 3.05) is 13.7 Å². The Hall–Kier alpha value is -4.90. The van der Waals surface area contributed by atoms with E-state index in [4.69, 9.17) is 14.2 Å². The number of hydrogen-bond donors (Lipinski definition) is 4. The molecule has 3 unspecified atom stereocenters. The van der Waals surface area contributed by atoms with E-state index in [0.717, 1.165) is 11.1 Å². The molecule has 1 fully saturated rings. The smallest absolute Gasteiger partial charge is 0.408 e. The van der Waals surface area contributed by atoms with Crippen LogP contribution in [0, 0.1) is 0 Å². The molecule has 1 heterocycles. The van der Waals surface area contributed by atoms with Crippen molar-refractivity contribution < 1.29 is 38.5 Å². The number of amides is 3. The van der Waals surface area contributed by atoms with Gasteiger partial charge in [0.05, 0.1) is 19.8 Å². The fourth-order valence-electron chi connectivity index (χ4n) is 4.48. The minimum absolute atomic E-state index is 0.0304. The number of phenols is 1. The lowest BCUT2D eigenvalue weighted by molar-refractivity contribution is -0.133. The van der Waals surface area contributed by atoms with Gasteiger partial charge in [0.15, 0.2) is 5.78 Å². The SMILES string of the molecule is COc1ccc(C[C@H](NC(=O)C(C)NC(=O)OCc2ccccc2)C(=O)NC(Cc2ccc(O)cc2)C(=O)C2(C)CO2)cc1. The van der Waals surface area contributed by atoms with Crippen molar-refractivity contribution in [3.8, 4) is 11.5 Å². The van der Waals surface area contributed by atoms with Gasteiger partial charge in [-0.1, -0.05) is 54.6 Å². The summed E-state index contributed by atoms with van der Waals surface area (Å²) >= 11 is 0. The van der Waals surface area contributed by atoms with Crippen LogP contribution in [0.2, 0.25) is 0 Å². The number of nitrogens with one attached hydrogen (secondary N) is 3. The van der Waals surface area contributed by atoms with Gasteiger partial charge in [-0.25, -0.2) is 4.79 Å². The monoisotopic (exact) mass is 603 g/mol. The number of rotatable bonds is 14. The zero-order valence-electron chi connectivity index (χ0n) is 24.9. The first-order valence-corrected chi connectivity index (χ1v) is 14.2. The van der Waals surface area contributed by atoms with Crippen LogP contribution < -0.4 is 20.7 Å². The normalized spacial score (nSPS) is 17.3. The summed E-state index contributed by atoms with van der Waals surface area (Å²) in [6.45, 7) is 3.40. The number of Topliss-reactive ketones (excluding diaryl/α,β-unsaturated/α-hetero) is 1. The lowest BCUT2D eigenvalue weighted by atomic mass is 9.94. The summed E-state index contributed by atoms with van der Waals surface area (Å²) in [5.74, 6) is -0.803. The average Bonchev–Trinajstić information content (AvgIpc) is 3.79. The molecule has 4 rings (SSSR count). The molecule has 3 amide bonds. The van der Waals surface area contributed by atoms with Crippen molar-refractivity contribution in [1.29, 1.82) is 0 Å². The Balaban J connectivity index is 1.46. The molecule has 1 aliphatic rings. The molecule has 4 N–H and O–H groups in total. The van der Waals surface area contributed by atoms with Crippen LogP contribution >= 0.6 is 0 Å². The second kappa shape index (κ2) is 14.5. The number of carbonyl (C=O) groups is 4. The molecule has 0 radical (unpaired) electrons. The third kappa shape index (κ3) is 9.05. The number of carbonyl (C=O) groups excluding carboxylic acids is 4. The van der Waals surface area contributed by atoms with E-state index in [1.165, 1.54) is 19.1 Å². The molecule has 44 heavy (non-hydrogen) atoms. The molecular formula is C33H37N3O8. The van der Waals surface area contributed by atoms with Crippen molar-refractivity contribution in [3.63, 3.8) is 0 Å². The van der Waals surface area contributed by atoms with Crippen molar-refractivity contribution in [2.45, 2.75) is 57.0 Å². The standard InChI is InChI=1S/C33H37N3O8/c1-21(34-32(41)43-19-24-7-5-4-6-8-24)30(39)36-28(18-23-11-15-26(42-3)16-12-23)31(40)35-27(29(38)33(2)20-44-33)17-22-9-13-25(37)14-10-22/h4-16,21,27-28,37H,17-20H2,1-3H3,(H,34,41)(H,35,40)(H,36,39)/t21?,27?,28-,33?/m0/s1. The maximum Gasteiger partial charge on any atom is 0.408 e. The van der Waals surface area contributed by atoms with Crippen LogP contribution in [0.5, 0.6) is 11.5 Å². The van der Waals surface area contributed by atoms with Gasteiger partial charge in [0.2, 0.25) is 11.8 Å². The Morgan fingerprint density at radius 2 is 1.39 bits per heavy atom. The van der Waals surface area contributed by atoms with Gasteiger partial charge in [-0.15, -0.1) is 0 Å². The van der Waals surface area contributed by atoms with Crippen LogP contribution in [0.15, 0.2) is 78.9 Å². The van der Waals surface area contributed by atoms with E-state index in [1.54, 1.807) is 62.6 Å². The van der Waals surface area contributed by atoms with Crippen molar-refractivity contribution in [1.82, 2.24) is 16.0 Å². The van der Waals surface area contributed by atoms with Gasteiger partial charge in [0.25, 0.3) is 0 Å². The lowest BCUT2D eigenvalue weighted by Crippen LogP contribution is -2.57. The minimum atomic E-state index is -1.09. The maximum atomic E-state index is 13.7. The Bertz CT molecular complexity index is 1440. The molecule has 0 saturated carbocycles. The Labute approximate surface area is 255 Å². The second-order valence-corrected chi connectivity index (χ2v) is 10.9. The Kier molecular flexibility index (Phi) is 10.6. The highest BCUT2D eigenvalue weighted by molar-refractivity contribution is 5.98. The molecule has 1 aliphatic heterocycles. The quantitative estimate of drug-likeness (QED) is 0.205. The molecule has 4 atom stereocenters. The van der Waals surface area contributed by atoms with E-state index in [2.05, 4.69) is 16.0 Å². The predicted octanol–water partition coefficient (Wildman–Crippen LogP) is 2.83. The summed E-state index contributed by atoms with van der Waals surface area (Å²) in [4.78, 5) is 52.6. The van der Waals surface area contributed by atoms with Gasteiger partial charge in [-0.3, -0.25) is 14.4 Å². The summed E-state index contributed by atoms with van der Waals surface area (Å²) in [5.41, 5.74) is 1.22. The summed E-state index contributed by atoms with van der Waals surface area (Å²) in [5, 5.41) is 17.7. The molecule has 11 heteroatoms. The van der Waals surface area contributed by atoms with Gasteiger partial charge in [0, 0.05) is 6.42 Å². The first-order valence-electron chi connectivity index (χ1n) is 14.2. The summed E-state index contributed by atoms with van der Waals surface area (Å²) in [6, 6.07) is 19.4. The van der Waals surface area contributed by atoms with Crippen LogP contribution in [0.25, 0.3) is 0 Å². The average molecular weight is 604 g/mol. The third-order valence-corrected chi connectivity index (χ3v) is 7.28. The highest BCUT2D eigenvalue weighted by Gasteiger charge is 2.50. The van der Waals surface area contributed by atoms with Crippen LogP contribution in [-0.2, 0) is 43.3 Å². The number of ether oxygens (including phenoxy) is 3. The van der Waals surface area contributed by atoms with E-state index < -0.39 is 41.6 Å². The maximum absolute atomic E-state index is 13.7. The number of benzene rings is 3. The number of ketones is 1. The number of hydrogen-bond acceptors (Lipinski definition) is 8. The highest BCUT2D eigenvalue weighted by atomic mass is 16.6. The fraction of sp³-hybridized carbons (Fsp3) is 0.333. The molecular weight excluding hydrogens is 566 g/mol. The summed E-state index contributed by atoms with van der Waals surface area (Å²) in [7, 11) is 1.54. The molecule has 3 aromatic carbocycles. The van der Waals surface area contributed by atoms with E-state index in [-0.39, 0.29) is 37.6 Å². The van der Waals surface area contributed by atoms with Crippen LogP contribution in [-0.4, -0.2) is 66.2 Å². The van der Waals surface area contributed by atoms with E-state index in [0.29, 0.717) is 11.3 Å². The van der Waals surface area contributed by atoms with E-state index >= 15 is 0 Å². The van der Waals surface area contributed by atoms with Crippen LogP contribution in [0.3, 0.4) is 0 Å². The van der Waals surface area contributed by atoms with Gasteiger partial charge >= 0.3 is 6.09 Å². The third-order valence-electron chi connectivity index (χ3n) is 7.28. The van der Waals surface area contributed by atoms with Crippen molar-refractivity contribution >= 4 is 23.7 Å². The number of aromatic hydroxyl groups is 1. The number of phenolic OH excluding ortho intramolecular Hbond substituents is 1. The highest BCUT2D eigenvalue weighted by Crippen LogP contribution is 2.29. The Morgan fingerprint density at radius 3 is 1.98 bits per heavy atom. The second-order valence-electron chi connectivity index (χ2n) is 10.9. The van der Waals surface area contributed by atoms with E-state index in [1.807, 2.05) is 18.2 Å². The zero-order valence-corrected chi connectivity index (χ0v) is 24.9. The van der Waals surface area contributed by atoms with Crippen LogP contribution in [0.1, 0.15) is 30.5 Å². The molecule has 0 aromatic heterocycles. The zero-order chi connectivity index (χ0) is 31.7. The Morgan fingerprint density at radius 1 is 0.818 bits per heavy atom. The van der Waals surface area contributed by atoms with Gasteiger partial charge in [-0.05, 0) is 61.2 Å². The van der Waals surface area contributed by atoms with Gasteiger partial charge < -0.3 is 35.3 Å². The molecule has 0 spiro atoms. The molecule has 1 saturated heterocycles. The number of methoxy groups -OCH3 is 1. The first-order chi connectivity index (χ1) is 21.1. The minimum Gasteiger partial charge on any atom is -0.508 e. The summed E-state index contributed by atoms with van der Waals surface area (Å²) in [6.07, 6.45) is -0.538. The topological polar surface area (TPSA) is 156 Å². The van der Waals surface area contributed by atoms with Crippen molar-refractivity contribution in [2.24, 2.45) is 0 Å². The van der Waals surface area contributed by atoms with Crippen molar-refractivity contribution in [3.05, 3.63) is 95.6 Å². The first kappa shape index (κ1) is 32.0. The molecule has 0 bridgehead atoms. The fourth-order valence-corrected chi connectivity index (χ4v) is 4.48. The molecule has 232 valence electrons. The largest absolute Gasteiger partial charge is 0.508 e. The lowest BCUT2D eigenvalue weighted by Gasteiger charge is -2.25. The molecule has 3 aromatic rings.